The van der Waals surface area contributed by atoms with Crippen molar-refractivity contribution in [2.45, 2.75) is 44.2 Å². The lowest BCUT2D eigenvalue weighted by Crippen LogP contribution is -2.53. The molecule has 1 amide bonds. The molecule has 2 unspecified atom stereocenters. The maximum Gasteiger partial charge on any atom is 0.231 e. The van der Waals surface area contributed by atoms with Gasteiger partial charge in [0.15, 0.2) is 0 Å². The number of hydrogen-bond acceptors (Lipinski definition) is 4. The van der Waals surface area contributed by atoms with Crippen LogP contribution in [0.25, 0.3) is 22.2 Å². The Labute approximate surface area is 257 Å². The summed E-state index contributed by atoms with van der Waals surface area (Å²) in [7, 11) is 0. The van der Waals surface area contributed by atoms with Crippen molar-refractivity contribution in [3.63, 3.8) is 0 Å². The van der Waals surface area contributed by atoms with Crippen molar-refractivity contribution in [3.05, 3.63) is 83.4 Å². The number of carbonyl (C=O) groups excluding carboxylic acids is 1. The molecule has 2 aromatic carbocycles. The highest BCUT2D eigenvalue weighted by Crippen LogP contribution is 2.38. The predicted octanol–water partition coefficient (Wildman–Crippen LogP) is 6.83. The fourth-order valence-corrected chi connectivity index (χ4v) is 6.29. The maximum atomic E-state index is 14.5. The number of H-pyrrole nitrogens is 1. The molecular weight excluding hydrogens is 584 g/mol. The van der Waals surface area contributed by atoms with Gasteiger partial charge in [0.05, 0.1) is 16.6 Å². The van der Waals surface area contributed by atoms with Crippen LogP contribution in [0.5, 0.6) is 0 Å². The van der Waals surface area contributed by atoms with E-state index in [2.05, 4.69) is 52.2 Å². The van der Waals surface area contributed by atoms with E-state index in [1.54, 1.807) is 12.1 Å². The second kappa shape index (κ2) is 12.6. The molecule has 4 heterocycles. The van der Waals surface area contributed by atoms with E-state index in [1.807, 2.05) is 35.5 Å². The number of aromatic nitrogens is 2. The number of halogens is 4. The normalized spacial score (nSPS) is 19.0. The van der Waals surface area contributed by atoms with Crippen molar-refractivity contribution >= 4 is 59.0 Å². The van der Waals surface area contributed by atoms with E-state index in [-0.39, 0.29) is 47.3 Å². The van der Waals surface area contributed by atoms with Gasteiger partial charge in [0.2, 0.25) is 5.91 Å². The highest BCUT2D eigenvalue weighted by Gasteiger charge is 2.41. The van der Waals surface area contributed by atoms with E-state index in [4.69, 9.17) is 11.6 Å². The Morgan fingerprint density at radius 2 is 1.80 bits per heavy atom. The van der Waals surface area contributed by atoms with Crippen LogP contribution in [-0.2, 0) is 4.79 Å². The number of carbonyl (C=O) groups is 1. The van der Waals surface area contributed by atoms with Crippen LogP contribution in [0.2, 0.25) is 5.02 Å². The van der Waals surface area contributed by atoms with Gasteiger partial charge in [-0.25, -0.2) is 9.37 Å². The Morgan fingerprint density at radius 1 is 1.07 bits per heavy atom. The molecule has 41 heavy (non-hydrogen) atoms. The third-order valence-corrected chi connectivity index (χ3v) is 8.48. The molecule has 2 aliphatic rings. The first-order chi connectivity index (χ1) is 18.8. The number of nitrogens with one attached hydrogen (secondary N) is 2. The van der Waals surface area contributed by atoms with Crippen LogP contribution in [0, 0.1) is 5.82 Å². The predicted molar refractivity (Wildman–Crippen MR) is 169 cm³/mol. The second-order valence-corrected chi connectivity index (χ2v) is 11.7. The summed E-state index contributed by atoms with van der Waals surface area (Å²) in [5.41, 5.74) is 4.78. The lowest BCUT2D eigenvalue weighted by molar-refractivity contribution is -0.133. The number of fused-ring (bicyclic) bond motifs is 1. The number of hydrogen-bond donors (Lipinski definition) is 2. The number of anilines is 1. The number of amides is 1. The minimum atomic E-state index is -0.490. The fraction of sp³-hybridized carbons (Fsp3) is 0.355. The highest BCUT2D eigenvalue weighted by molar-refractivity contribution is 6.30. The molecule has 2 atom stereocenters. The van der Waals surface area contributed by atoms with Gasteiger partial charge in [0.1, 0.15) is 11.5 Å². The van der Waals surface area contributed by atoms with Crippen LogP contribution in [0.1, 0.15) is 38.2 Å². The molecule has 10 heteroatoms. The van der Waals surface area contributed by atoms with Gasteiger partial charge >= 0.3 is 0 Å². The molecule has 2 aromatic heterocycles. The average Bonchev–Trinajstić information content (AvgIpc) is 3.56. The highest BCUT2D eigenvalue weighted by atomic mass is 35.5. The molecule has 2 fully saturated rings. The number of benzene rings is 2. The molecule has 218 valence electrons. The Balaban J connectivity index is 0.00000194. The van der Waals surface area contributed by atoms with E-state index in [0.29, 0.717) is 31.7 Å². The lowest BCUT2D eigenvalue weighted by atomic mass is 9.88. The minimum absolute atomic E-state index is 0. The van der Waals surface area contributed by atoms with Crippen LogP contribution in [0.15, 0.2) is 67.0 Å². The van der Waals surface area contributed by atoms with Gasteiger partial charge in [-0.3, -0.25) is 4.79 Å². The summed E-state index contributed by atoms with van der Waals surface area (Å²) in [5.74, 6) is -0.922. The SMILES string of the molecule is CC1(C)CCC(C(C(=O)N2CCN(c3c(-c4ccccc4)cnc4[nH]ccc34)CC2)c2ccc(Cl)c(F)c2)N1.Cl.Cl. The van der Waals surface area contributed by atoms with Crippen molar-refractivity contribution < 1.29 is 9.18 Å². The Bertz CT molecular complexity index is 1500. The van der Waals surface area contributed by atoms with Gasteiger partial charge in [-0.2, -0.15) is 0 Å². The number of aromatic amines is 1. The molecular formula is C31H35Cl3FN5O. The Hall–Kier alpha value is -2.84. The van der Waals surface area contributed by atoms with Gasteiger partial charge in [0.25, 0.3) is 0 Å². The van der Waals surface area contributed by atoms with Crippen molar-refractivity contribution in [2.75, 3.05) is 31.1 Å². The molecule has 0 radical (unpaired) electrons. The zero-order valence-electron chi connectivity index (χ0n) is 23.1. The Morgan fingerprint density at radius 3 is 2.46 bits per heavy atom. The van der Waals surface area contributed by atoms with Crippen molar-refractivity contribution in [1.29, 1.82) is 0 Å². The molecule has 2 aliphatic heterocycles. The molecule has 4 aromatic rings. The minimum Gasteiger partial charge on any atom is -0.367 e. The van der Waals surface area contributed by atoms with Gasteiger partial charge < -0.3 is 20.1 Å². The summed E-state index contributed by atoms with van der Waals surface area (Å²) in [4.78, 5) is 26.3. The zero-order valence-corrected chi connectivity index (χ0v) is 25.5. The molecule has 0 aliphatic carbocycles. The molecule has 6 rings (SSSR count). The van der Waals surface area contributed by atoms with Crippen molar-refractivity contribution in [3.8, 4) is 11.1 Å². The smallest absolute Gasteiger partial charge is 0.231 e. The van der Waals surface area contributed by atoms with E-state index in [9.17, 15) is 9.18 Å². The van der Waals surface area contributed by atoms with Crippen LogP contribution in [-0.4, -0.2) is 58.5 Å². The summed E-state index contributed by atoms with van der Waals surface area (Å²) in [6, 6.07) is 17.1. The molecule has 0 bridgehead atoms. The molecule has 2 saturated heterocycles. The third-order valence-electron chi connectivity index (χ3n) is 8.18. The summed E-state index contributed by atoms with van der Waals surface area (Å²) in [6.07, 6.45) is 5.67. The van der Waals surface area contributed by atoms with Crippen LogP contribution in [0.3, 0.4) is 0 Å². The van der Waals surface area contributed by atoms with Gasteiger partial charge in [-0.1, -0.05) is 48.0 Å². The fourth-order valence-electron chi connectivity index (χ4n) is 6.18. The molecule has 2 N–H and O–H groups in total. The first-order valence-corrected chi connectivity index (χ1v) is 14.0. The maximum absolute atomic E-state index is 14.5. The van der Waals surface area contributed by atoms with E-state index < -0.39 is 11.7 Å². The van der Waals surface area contributed by atoms with Crippen LogP contribution in [0.4, 0.5) is 10.1 Å². The van der Waals surface area contributed by atoms with Gasteiger partial charge in [-0.05, 0) is 56.0 Å². The second-order valence-electron chi connectivity index (χ2n) is 11.3. The van der Waals surface area contributed by atoms with E-state index in [1.165, 1.54) is 6.07 Å². The largest absolute Gasteiger partial charge is 0.367 e. The van der Waals surface area contributed by atoms with Gasteiger partial charge in [-0.15, -0.1) is 24.8 Å². The van der Waals surface area contributed by atoms with Crippen LogP contribution >= 0.6 is 36.4 Å². The summed E-state index contributed by atoms with van der Waals surface area (Å²) in [6.45, 7) is 6.86. The first kappa shape index (κ1) is 31.1. The number of nitrogens with zero attached hydrogens (tertiary/aromatic N) is 3. The quantitative estimate of drug-likeness (QED) is 0.257. The third kappa shape index (κ3) is 6.19. The number of pyridine rings is 1. The van der Waals surface area contributed by atoms with Gasteiger partial charge in [0, 0.05) is 61.1 Å². The van der Waals surface area contributed by atoms with Crippen molar-refractivity contribution in [1.82, 2.24) is 20.2 Å². The average molecular weight is 619 g/mol. The molecule has 6 nitrogen and oxygen atoms in total. The summed E-state index contributed by atoms with van der Waals surface area (Å²) >= 11 is 5.98. The number of piperazine rings is 1. The van der Waals surface area contributed by atoms with Crippen LogP contribution < -0.4 is 10.2 Å². The van der Waals surface area contributed by atoms with Crippen molar-refractivity contribution in [2.24, 2.45) is 0 Å². The molecule has 0 spiro atoms. The lowest BCUT2D eigenvalue weighted by Gasteiger charge is -2.39. The Kier molecular flexibility index (Phi) is 9.54. The monoisotopic (exact) mass is 617 g/mol. The zero-order chi connectivity index (χ0) is 27.1. The standard InChI is InChI=1S/C31H33ClFN5O.2ClH/c1-31(2)12-10-26(36-31)27(21-8-9-24(32)25(33)18-21)30(39)38-16-14-37(15-17-38)28-22-11-13-34-29(22)35-19-23(28)20-6-4-3-5-7-20;;/h3-9,11,13,18-19,26-27,36H,10,12,14-17H2,1-2H3,(H,34,35);2*1H. The topological polar surface area (TPSA) is 64.3 Å². The molecule has 0 saturated carbocycles. The first-order valence-electron chi connectivity index (χ1n) is 13.6. The van der Waals surface area contributed by atoms with E-state index in [0.717, 1.165) is 40.7 Å². The number of rotatable bonds is 5. The summed E-state index contributed by atoms with van der Waals surface area (Å²) < 4.78 is 14.5. The summed E-state index contributed by atoms with van der Waals surface area (Å²) in [5, 5.41) is 4.78. The van der Waals surface area contributed by atoms with E-state index >= 15 is 0 Å².